The van der Waals surface area contributed by atoms with Crippen molar-refractivity contribution in [2.45, 2.75) is 12.5 Å². The molecule has 0 bridgehead atoms. The Morgan fingerprint density at radius 2 is 2.43 bits per heavy atom. The average molecular weight is 289 g/mol. The van der Waals surface area contributed by atoms with Crippen LogP contribution in [0.5, 0.6) is 0 Å². The molecule has 21 heavy (non-hydrogen) atoms. The maximum atomic E-state index is 11.9. The molecular weight excluding hydrogens is 270 g/mol. The molecule has 0 aromatic heterocycles. The van der Waals surface area contributed by atoms with Crippen LogP contribution in [0.25, 0.3) is 0 Å². The summed E-state index contributed by atoms with van der Waals surface area (Å²) in [5.41, 5.74) is 1.15. The zero-order valence-corrected chi connectivity index (χ0v) is 11.8. The Morgan fingerprint density at radius 1 is 1.57 bits per heavy atom. The molecule has 0 aliphatic carbocycles. The van der Waals surface area contributed by atoms with Crippen LogP contribution in [-0.2, 0) is 9.53 Å². The number of nitriles is 1. The number of morpholine rings is 1. The van der Waals surface area contributed by atoms with Crippen LogP contribution in [0.1, 0.15) is 12.0 Å². The van der Waals surface area contributed by atoms with Crippen LogP contribution in [0.15, 0.2) is 24.3 Å². The van der Waals surface area contributed by atoms with Crippen LogP contribution in [0.2, 0.25) is 0 Å². The van der Waals surface area contributed by atoms with Gasteiger partial charge in [0.2, 0.25) is 5.91 Å². The average Bonchev–Trinajstić information content (AvgIpc) is 2.53. The molecule has 0 spiro atoms. The first-order chi connectivity index (χ1) is 10.2. The van der Waals surface area contributed by atoms with E-state index < -0.39 is 0 Å². The van der Waals surface area contributed by atoms with E-state index in [1.807, 2.05) is 6.07 Å². The maximum absolute atomic E-state index is 11.9. The van der Waals surface area contributed by atoms with E-state index in [1.165, 1.54) is 0 Å². The molecule has 1 amide bonds. The van der Waals surface area contributed by atoms with Gasteiger partial charge in [0.25, 0.3) is 0 Å². The second kappa shape index (κ2) is 7.74. The van der Waals surface area contributed by atoms with Gasteiger partial charge in [-0.15, -0.1) is 0 Å². The van der Waals surface area contributed by atoms with E-state index >= 15 is 0 Å². The summed E-state index contributed by atoms with van der Waals surface area (Å²) in [5, 5.41) is 20.7. The largest absolute Gasteiger partial charge is 0.394 e. The summed E-state index contributed by atoms with van der Waals surface area (Å²) in [6.07, 6.45) is 0.212. The highest BCUT2D eigenvalue weighted by atomic mass is 16.5. The Balaban J connectivity index is 1.78. The van der Waals surface area contributed by atoms with E-state index in [1.54, 1.807) is 24.3 Å². The highest BCUT2D eigenvalue weighted by molar-refractivity contribution is 5.90. The molecule has 1 atom stereocenters. The van der Waals surface area contributed by atoms with Crippen LogP contribution in [0.4, 0.5) is 5.69 Å². The highest BCUT2D eigenvalue weighted by Crippen LogP contribution is 2.11. The van der Waals surface area contributed by atoms with Crippen LogP contribution in [0, 0.1) is 11.3 Å². The first kappa shape index (κ1) is 15.4. The molecule has 1 unspecified atom stereocenters. The number of aliphatic hydroxyl groups is 1. The van der Waals surface area contributed by atoms with Gasteiger partial charge in [-0.25, -0.2) is 0 Å². The third-order valence-corrected chi connectivity index (χ3v) is 3.36. The lowest BCUT2D eigenvalue weighted by Gasteiger charge is -2.31. The quantitative estimate of drug-likeness (QED) is 0.828. The van der Waals surface area contributed by atoms with E-state index in [0.717, 1.165) is 6.54 Å². The highest BCUT2D eigenvalue weighted by Gasteiger charge is 2.19. The van der Waals surface area contributed by atoms with Gasteiger partial charge in [-0.3, -0.25) is 9.69 Å². The van der Waals surface area contributed by atoms with Crippen molar-refractivity contribution in [3.8, 4) is 6.07 Å². The van der Waals surface area contributed by atoms with E-state index in [-0.39, 0.29) is 18.6 Å². The van der Waals surface area contributed by atoms with Gasteiger partial charge < -0.3 is 15.2 Å². The minimum Gasteiger partial charge on any atom is -0.394 e. The van der Waals surface area contributed by atoms with Crippen molar-refractivity contribution in [1.82, 2.24) is 4.90 Å². The Hall–Kier alpha value is -1.94. The molecule has 1 aromatic carbocycles. The summed E-state index contributed by atoms with van der Waals surface area (Å²) in [4.78, 5) is 14.0. The van der Waals surface area contributed by atoms with Crippen LogP contribution < -0.4 is 5.32 Å². The maximum Gasteiger partial charge on any atom is 0.225 e. The molecule has 1 aliphatic heterocycles. The lowest BCUT2D eigenvalue weighted by Crippen LogP contribution is -2.44. The van der Waals surface area contributed by atoms with Crippen molar-refractivity contribution in [1.29, 1.82) is 5.26 Å². The molecule has 2 rings (SSSR count). The number of rotatable bonds is 5. The summed E-state index contributed by atoms with van der Waals surface area (Å²) in [6.45, 7) is 2.63. The molecule has 1 saturated heterocycles. The van der Waals surface area contributed by atoms with Gasteiger partial charge in [0.1, 0.15) is 0 Å². The molecule has 1 fully saturated rings. The normalized spacial score (nSPS) is 19.0. The summed E-state index contributed by atoms with van der Waals surface area (Å²) in [7, 11) is 0. The molecule has 6 nitrogen and oxygen atoms in total. The number of nitrogens with one attached hydrogen (secondary N) is 1. The SMILES string of the molecule is N#Cc1cccc(NC(=O)CCN2CCOC(CO)C2)c1. The molecule has 6 heteroatoms. The van der Waals surface area contributed by atoms with Gasteiger partial charge >= 0.3 is 0 Å². The first-order valence-electron chi connectivity index (χ1n) is 6.96. The van der Waals surface area contributed by atoms with Crippen LogP contribution >= 0.6 is 0 Å². The molecular formula is C15H19N3O3. The third-order valence-electron chi connectivity index (χ3n) is 3.36. The molecule has 1 aliphatic rings. The van der Waals surface area contributed by atoms with E-state index in [2.05, 4.69) is 10.2 Å². The number of hydrogen-bond acceptors (Lipinski definition) is 5. The number of ether oxygens (including phenoxy) is 1. The minimum absolute atomic E-state index is 0.00362. The first-order valence-corrected chi connectivity index (χ1v) is 6.96. The van der Waals surface area contributed by atoms with Gasteiger partial charge in [0.05, 0.1) is 31.0 Å². The third kappa shape index (κ3) is 4.83. The summed E-state index contributed by atoms with van der Waals surface area (Å²) < 4.78 is 5.36. The fourth-order valence-corrected chi connectivity index (χ4v) is 2.24. The van der Waals surface area contributed by atoms with Gasteiger partial charge in [-0.2, -0.15) is 5.26 Å². The number of benzene rings is 1. The van der Waals surface area contributed by atoms with E-state index in [4.69, 9.17) is 15.1 Å². The lowest BCUT2D eigenvalue weighted by molar-refractivity contribution is -0.117. The Labute approximate surface area is 123 Å². The van der Waals surface area contributed by atoms with Gasteiger partial charge in [-0.05, 0) is 18.2 Å². The second-order valence-corrected chi connectivity index (χ2v) is 4.97. The fourth-order valence-electron chi connectivity index (χ4n) is 2.24. The Kier molecular flexibility index (Phi) is 5.69. The van der Waals surface area contributed by atoms with Crippen LogP contribution in [-0.4, -0.2) is 54.9 Å². The predicted octanol–water partition coefficient (Wildman–Crippen LogP) is 0.580. The zero-order chi connectivity index (χ0) is 15.1. The fraction of sp³-hybridized carbons (Fsp3) is 0.467. The number of nitrogens with zero attached hydrogens (tertiary/aromatic N) is 2. The number of carbonyl (C=O) groups is 1. The molecule has 1 aromatic rings. The molecule has 0 radical (unpaired) electrons. The van der Waals surface area contributed by atoms with Crippen LogP contribution in [0.3, 0.4) is 0 Å². The number of anilines is 1. The second-order valence-electron chi connectivity index (χ2n) is 4.97. The summed E-state index contributed by atoms with van der Waals surface area (Å²) >= 11 is 0. The Bertz CT molecular complexity index is 527. The van der Waals surface area contributed by atoms with Gasteiger partial charge in [-0.1, -0.05) is 6.07 Å². The summed E-state index contributed by atoms with van der Waals surface area (Å²) in [6, 6.07) is 8.88. The number of carbonyl (C=O) groups excluding carboxylic acids is 1. The van der Waals surface area contributed by atoms with Crippen molar-refractivity contribution in [2.75, 3.05) is 38.2 Å². The van der Waals surface area contributed by atoms with Crippen molar-refractivity contribution < 1.29 is 14.6 Å². The number of hydrogen-bond donors (Lipinski definition) is 2. The van der Waals surface area contributed by atoms with Gasteiger partial charge in [0, 0.05) is 31.7 Å². The monoisotopic (exact) mass is 289 g/mol. The lowest BCUT2D eigenvalue weighted by atomic mass is 10.2. The van der Waals surface area contributed by atoms with Crippen molar-refractivity contribution >= 4 is 11.6 Å². The van der Waals surface area contributed by atoms with E-state index in [0.29, 0.717) is 37.4 Å². The number of amides is 1. The van der Waals surface area contributed by atoms with Crippen molar-refractivity contribution in [2.24, 2.45) is 0 Å². The standard InChI is InChI=1S/C15H19N3O3/c16-9-12-2-1-3-13(8-12)17-15(20)4-5-18-6-7-21-14(10-18)11-19/h1-3,8,14,19H,4-7,10-11H2,(H,17,20). The van der Waals surface area contributed by atoms with E-state index in [9.17, 15) is 4.79 Å². The molecule has 2 N–H and O–H groups in total. The molecule has 0 saturated carbocycles. The molecule has 1 heterocycles. The summed E-state index contributed by atoms with van der Waals surface area (Å²) in [5.74, 6) is -0.0860. The van der Waals surface area contributed by atoms with Crippen molar-refractivity contribution in [3.63, 3.8) is 0 Å². The van der Waals surface area contributed by atoms with Crippen molar-refractivity contribution in [3.05, 3.63) is 29.8 Å². The van der Waals surface area contributed by atoms with Gasteiger partial charge in [0.15, 0.2) is 0 Å². The molecule has 112 valence electrons. The minimum atomic E-state index is -0.158. The topological polar surface area (TPSA) is 85.6 Å². The number of aliphatic hydroxyl groups excluding tert-OH is 1. The smallest absolute Gasteiger partial charge is 0.225 e. The predicted molar refractivity (Wildman–Crippen MR) is 77.7 cm³/mol. The Morgan fingerprint density at radius 3 is 3.19 bits per heavy atom. The zero-order valence-electron chi connectivity index (χ0n) is 11.8.